The van der Waals surface area contributed by atoms with Gasteiger partial charge in [-0.05, 0) is 18.6 Å². The second kappa shape index (κ2) is 6.03. The van der Waals surface area contributed by atoms with Crippen molar-refractivity contribution in [2.45, 2.75) is 12.5 Å². The first-order valence-corrected chi connectivity index (χ1v) is 6.37. The zero-order valence-corrected chi connectivity index (χ0v) is 10.9. The van der Waals surface area contributed by atoms with Gasteiger partial charge in [0.05, 0.1) is 6.54 Å². The average molecular weight is 266 g/mol. The Morgan fingerprint density at radius 2 is 2.28 bits per heavy atom. The Morgan fingerprint density at radius 3 is 3.00 bits per heavy atom. The lowest BCUT2D eigenvalue weighted by Gasteiger charge is -2.23. The molecule has 0 radical (unpaired) electrons. The molecule has 2 rings (SSSR count). The number of rotatable bonds is 2. The smallest absolute Gasteiger partial charge is 0.246 e. The number of halogens is 1. The predicted octanol–water partition coefficient (Wildman–Crippen LogP) is 2.82. The molecule has 18 heavy (non-hydrogen) atoms. The predicted molar refractivity (Wildman–Crippen MR) is 71.5 cm³/mol. The van der Waals surface area contributed by atoms with E-state index in [2.05, 4.69) is 6.58 Å². The number of carbonyl (C=O) groups excluding carboxylic acids is 1. The van der Waals surface area contributed by atoms with Gasteiger partial charge in [0.1, 0.15) is 6.10 Å². The third-order valence-electron chi connectivity index (χ3n) is 3.02. The fourth-order valence-corrected chi connectivity index (χ4v) is 2.34. The van der Waals surface area contributed by atoms with E-state index in [0.717, 1.165) is 12.0 Å². The minimum absolute atomic E-state index is 0.0578. The number of hydrogen-bond donors (Lipinski definition) is 0. The summed E-state index contributed by atoms with van der Waals surface area (Å²) in [5.41, 5.74) is 0.933. The minimum atomic E-state index is -0.162. The van der Waals surface area contributed by atoms with Gasteiger partial charge in [-0.15, -0.1) is 0 Å². The van der Waals surface area contributed by atoms with E-state index in [1.165, 1.54) is 6.08 Å². The van der Waals surface area contributed by atoms with Gasteiger partial charge in [0.2, 0.25) is 5.91 Å². The summed E-state index contributed by atoms with van der Waals surface area (Å²) in [6, 6.07) is 7.59. The molecule has 0 aromatic heterocycles. The molecule has 1 saturated heterocycles. The monoisotopic (exact) mass is 265 g/mol. The van der Waals surface area contributed by atoms with Gasteiger partial charge in [0.25, 0.3) is 0 Å². The fraction of sp³-hybridized carbons (Fsp3) is 0.357. The molecule has 0 N–H and O–H groups in total. The Morgan fingerprint density at radius 1 is 1.50 bits per heavy atom. The molecule has 1 fully saturated rings. The molecule has 0 saturated carbocycles. The number of carbonyl (C=O) groups is 1. The van der Waals surface area contributed by atoms with E-state index in [1.807, 2.05) is 24.3 Å². The maximum atomic E-state index is 11.7. The van der Waals surface area contributed by atoms with Crippen LogP contribution in [0.4, 0.5) is 0 Å². The van der Waals surface area contributed by atoms with E-state index in [1.54, 1.807) is 4.90 Å². The van der Waals surface area contributed by atoms with Gasteiger partial charge in [-0.2, -0.15) is 0 Å². The molecule has 1 atom stereocenters. The maximum absolute atomic E-state index is 11.7. The first-order chi connectivity index (χ1) is 8.72. The number of benzene rings is 1. The van der Waals surface area contributed by atoms with Crippen molar-refractivity contribution >= 4 is 17.5 Å². The van der Waals surface area contributed by atoms with Gasteiger partial charge >= 0.3 is 0 Å². The molecule has 3 nitrogen and oxygen atoms in total. The molecule has 1 aromatic carbocycles. The maximum Gasteiger partial charge on any atom is 0.246 e. The molecule has 1 aliphatic rings. The summed E-state index contributed by atoms with van der Waals surface area (Å²) < 4.78 is 5.78. The Kier molecular flexibility index (Phi) is 4.39. The van der Waals surface area contributed by atoms with Crippen molar-refractivity contribution in [1.29, 1.82) is 0 Å². The lowest BCUT2D eigenvalue weighted by atomic mass is 10.1. The van der Waals surface area contributed by atoms with E-state index in [4.69, 9.17) is 16.3 Å². The second-order valence-electron chi connectivity index (χ2n) is 4.22. The molecule has 1 unspecified atom stereocenters. The molecular weight excluding hydrogens is 250 g/mol. The van der Waals surface area contributed by atoms with Crippen molar-refractivity contribution in [3.63, 3.8) is 0 Å². The zero-order chi connectivity index (χ0) is 13.0. The molecule has 4 heteroatoms. The van der Waals surface area contributed by atoms with Crippen LogP contribution >= 0.6 is 11.6 Å². The lowest BCUT2D eigenvalue weighted by Crippen LogP contribution is -2.32. The highest BCUT2D eigenvalue weighted by molar-refractivity contribution is 6.31. The van der Waals surface area contributed by atoms with Crippen molar-refractivity contribution in [3.05, 3.63) is 47.5 Å². The summed E-state index contributed by atoms with van der Waals surface area (Å²) >= 11 is 6.17. The van der Waals surface area contributed by atoms with Crippen LogP contribution in [0.1, 0.15) is 18.1 Å². The van der Waals surface area contributed by atoms with Crippen molar-refractivity contribution in [3.8, 4) is 0 Å². The van der Waals surface area contributed by atoms with Gasteiger partial charge in [0.15, 0.2) is 0 Å². The lowest BCUT2D eigenvalue weighted by molar-refractivity contribution is -0.126. The van der Waals surface area contributed by atoms with Crippen LogP contribution in [0.25, 0.3) is 0 Å². The van der Waals surface area contributed by atoms with E-state index >= 15 is 0 Å². The Bertz CT molecular complexity index is 447. The van der Waals surface area contributed by atoms with E-state index in [-0.39, 0.29) is 12.0 Å². The first kappa shape index (κ1) is 13.1. The highest BCUT2D eigenvalue weighted by atomic mass is 35.5. The van der Waals surface area contributed by atoms with Gasteiger partial charge in [-0.1, -0.05) is 36.4 Å². The third-order valence-corrected chi connectivity index (χ3v) is 3.36. The Hall–Kier alpha value is -1.32. The normalized spacial score (nSPS) is 20.3. The molecule has 96 valence electrons. The van der Waals surface area contributed by atoms with Crippen molar-refractivity contribution < 1.29 is 9.53 Å². The summed E-state index contributed by atoms with van der Waals surface area (Å²) in [5, 5.41) is 0.676. The molecule has 1 heterocycles. The van der Waals surface area contributed by atoms with Gasteiger partial charge in [-0.3, -0.25) is 4.79 Å². The number of hydrogen-bond acceptors (Lipinski definition) is 2. The van der Waals surface area contributed by atoms with E-state index in [9.17, 15) is 4.79 Å². The molecule has 1 amide bonds. The quantitative estimate of drug-likeness (QED) is 0.770. The van der Waals surface area contributed by atoms with Crippen molar-refractivity contribution in [2.24, 2.45) is 0 Å². The molecular formula is C14H16ClNO2. The molecule has 1 aromatic rings. The Labute approximate surface area is 112 Å². The molecule has 0 aliphatic carbocycles. The van der Waals surface area contributed by atoms with Crippen LogP contribution in [0.15, 0.2) is 36.9 Å². The van der Waals surface area contributed by atoms with Crippen LogP contribution in [-0.2, 0) is 9.53 Å². The minimum Gasteiger partial charge on any atom is -0.372 e. The van der Waals surface area contributed by atoms with Crippen LogP contribution in [0.3, 0.4) is 0 Å². The van der Waals surface area contributed by atoms with Crippen LogP contribution in [0.5, 0.6) is 0 Å². The van der Waals surface area contributed by atoms with E-state index < -0.39 is 0 Å². The van der Waals surface area contributed by atoms with Crippen molar-refractivity contribution in [2.75, 3.05) is 19.7 Å². The van der Waals surface area contributed by atoms with Crippen LogP contribution in [0, 0.1) is 0 Å². The highest BCUT2D eigenvalue weighted by Gasteiger charge is 2.23. The first-order valence-electron chi connectivity index (χ1n) is 5.99. The summed E-state index contributed by atoms with van der Waals surface area (Å²) in [7, 11) is 0. The molecule has 0 spiro atoms. The average Bonchev–Trinajstić information content (AvgIpc) is 2.64. The largest absolute Gasteiger partial charge is 0.372 e. The van der Waals surface area contributed by atoms with Gasteiger partial charge in [-0.25, -0.2) is 0 Å². The zero-order valence-electron chi connectivity index (χ0n) is 10.1. The summed E-state index contributed by atoms with van der Waals surface area (Å²) in [5.74, 6) is -0.0578. The number of ether oxygens (including phenoxy) is 1. The highest BCUT2D eigenvalue weighted by Crippen LogP contribution is 2.28. The standard InChI is InChI=1S/C14H16ClNO2/c1-2-14(17)16-8-5-9-18-13(10-16)11-6-3-4-7-12(11)15/h2-4,6-7,13H,1,5,8-10H2. The second-order valence-corrected chi connectivity index (χ2v) is 4.63. The Balaban J connectivity index is 2.19. The van der Waals surface area contributed by atoms with E-state index in [0.29, 0.717) is 24.7 Å². The van der Waals surface area contributed by atoms with Crippen LogP contribution in [-0.4, -0.2) is 30.5 Å². The summed E-state index contributed by atoms with van der Waals surface area (Å²) in [6.45, 7) is 5.38. The molecule has 1 aliphatic heterocycles. The summed E-state index contributed by atoms with van der Waals surface area (Å²) in [4.78, 5) is 13.5. The SMILES string of the molecule is C=CC(=O)N1CCCOC(c2ccccc2Cl)C1. The third kappa shape index (κ3) is 2.92. The van der Waals surface area contributed by atoms with Crippen molar-refractivity contribution in [1.82, 2.24) is 4.90 Å². The summed E-state index contributed by atoms with van der Waals surface area (Å²) in [6.07, 6.45) is 2.01. The fourth-order valence-electron chi connectivity index (χ4n) is 2.08. The number of nitrogens with zero attached hydrogens (tertiary/aromatic N) is 1. The molecule has 0 bridgehead atoms. The van der Waals surface area contributed by atoms with Gasteiger partial charge < -0.3 is 9.64 Å². The topological polar surface area (TPSA) is 29.5 Å². The van der Waals surface area contributed by atoms with Gasteiger partial charge in [0, 0.05) is 23.7 Å². The van der Waals surface area contributed by atoms with Crippen LogP contribution < -0.4 is 0 Å². The number of amides is 1. The van der Waals surface area contributed by atoms with Crippen LogP contribution in [0.2, 0.25) is 5.02 Å².